The Hall–Kier alpha value is -2.65. The van der Waals surface area contributed by atoms with Crippen LogP contribution in [0.3, 0.4) is 0 Å². The van der Waals surface area contributed by atoms with E-state index in [1.54, 1.807) is 0 Å². The van der Waals surface area contributed by atoms with E-state index in [2.05, 4.69) is 6.92 Å². The Morgan fingerprint density at radius 1 is 0.818 bits per heavy atom. The van der Waals surface area contributed by atoms with Crippen molar-refractivity contribution in [3.05, 3.63) is 35.9 Å². The number of imide groups is 1. The minimum Gasteiger partial charge on any atom is -0.424 e. The summed E-state index contributed by atoms with van der Waals surface area (Å²) in [5.74, 6) is -0.329. The molecule has 0 spiro atoms. The fourth-order valence-corrected chi connectivity index (χ4v) is 5.53. The number of carbonyl (C=O) groups is 3. The van der Waals surface area contributed by atoms with Crippen LogP contribution in [0.15, 0.2) is 30.3 Å². The van der Waals surface area contributed by atoms with Gasteiger partial charge in [-0.2, -0.15) is 5.06 Å². The van der Waals surface area contributed by atoms with Crippen LogP contribution in [0.25, 0.3) is 0 Å². The van der Waals surface area contributed by atoms with E-state index in [-0.39, 0.29) is 25.6 Å². The molecule has 0 radical (unpaired) electrons. The molecule has 0 saturated carbocycles. The molecule has 1 fully saturated rings. The average Bonchev–Trinajstić information content (AvgIpc) is 3.32. The van der Waals surface area contributed by atoms with E-state index >= 15 is 0 Å². The van der Waals surface area contributed by atoms with Crippen LogP contribution in [0.2, 0.25) is 0 Å². The second-order valence-corrected chi connectivity index (χ2v) is 11.8. The van der Waals surface area contributed by atoms with Crippen LogP contribution in [-0.2, 0) is 25.7 Å². The van der Waals surface area contributed by atoms with Crippen molar-refractivity contribution < 1.29 is 28.7 Å². The quantitative estimate of drug-likeness (QED) is 0.0589. The fraction of sp³-hybridized carbons (Fsp3) is 0.743. The van der Waals surface area contributed by atoms with Gasteiger partial charge in [0.1, 0.15) is 6.54 Å². The van der Waals surface area contributed by atoms with Crippen molar-refractivity contribution in [3.63, 3.8) is 0 Å². The Morgan fingerprint density at radius 2 is 1.36 bits per heavy atom. The second-order valence-electron chi connectivity index (χ2n) is 11.8. The topological polar surface area (TPSA) is 88.6 Å². The van der Waals surface area contributed by atoms with Crippen molar-refractivity contribution >= 4 is 18.0 Å². The van der Waals surface area contributed by atoms with Gasteiger partial charge in [-0.05, 0) is 12.0 Å². The first-order valence-electron chi connectivity index (χ1n) is 17.3. The molecule has 1 unspecified atom stereocenters. The second kappa shape index (κ2) is 23.7. The molecular weight excluding hydrogens is 558 g/mol. The number of nitrogens with zero attached hydrogens (tertiary/aromatic N) is 3. The van der Waals surface area contributed by atoms with Gasteiger partial charge < -0.3 is 9.47 Å². The van der Waals surface area contributed by atoms with Gasteiger partial charge >= 0.3 is 12.1 Å². The summed E-state index contributed by atoms with van der Waals surface area (Å²) in [6, 6.07) is 9.24. The Balaban J connectivity index is 1.56. The van der Waals surface area contributed by atoms with Gasteiger partial charge in [-0.15, -0.1) is 0 Å². The summed E-state index contributed by atoms with van der Waals surface area (Å²) in [5.41, 5.74) is 1.02. The zero-order valence-corrected chi connectivity index (χ0v) is 27.8. The van der Waals surface area contributed by atoms with Crippen LogP contribution in [0.4, 0.5) is 9.59 Å². The molecule has 1 aromatic rings. The summed E-state index contributed by atoms with van der Waals surface area (Å²) < 4.78 is 11.3. The molecular formula is C35H59N3O6. The Labute approximate surface area is 266 Å². The number of hydroxylamine groups is 2. The molecule has 0 N–H and O–H groups in total. The highest BCUT2D eigenvalue weighted by Crippen LogP contribution is 2.19. The lowest BCUT2D eigenvalue weighted by Gasteiger charge is -2.28. The Kier molecular flexibility index (Phi) is 20.2. The van der Waals surface area contributed by atoms with Gasteiger partial charge in [0.2, 0.25) is 0 Å². The molecule has 1 aliphatic heterocycles. The minimum absolute atomic E-state index is 0.130. The van der Waals surface area contributed by atoms with Crippen LogP contribution in [0.5, 0.6) is 0 Å². The number of hydrogen-bond donors (Lipinski definition) is 0. The molecule has 1 atom stereocenters. The van der Waals surface area contributed by atoms with Crippen molar-refractivity contribution in [2.75, 3.05) is 33.4 Å². The molecule has 0 bridgehead atoms. The predicted molar refractivity (Wildman–Crippen MR) is 174 cm³/mol. The highest BCUT2D eigenvalue weighted by Gasteiger charge is 2.41. The SMILES string of the molecule is CCCCCCCCCCCCCCCCCCN(OC)C(=O)OC(CC)N1CC(=O)N(CCOCc2ccccc2)C1=O. The van der Waals surface area contributed by atoms with Gasteiger partial charge in [0, 0.05) is 6.42 Å². The molecule has 4 amide bonds. The van der Waals surface area contributed by atoms with Crippen LogP contribution in [0.1, 0.15) is 129 Å². The van der Waals surface area contributed by atoms with Crippen molar-refractivity contribution in [1.29, 1.82) is 0 Å². The minimum atomic E-state index is -0.849. The van der Waals surface area contributed by atoms with Gasteiger partial charge in [0.25, 0.3) is 5.91 Å². The number of hydrogen-bond acceptors (Lipinski definition) is 6. The fourth-order valence-electron chi connectivity index (χ4n) is 5.53. The smallest absolute Gasteiger partial charge is 0.424 e. The Bertz CT molecular complexity index is 915. The highest BCUT2D eigenvalue weighted by atomic mass is 16.7. The number of rotatable bonds is 26. The van der Waals surface area contributed by atoms with E-state index in [1.807, 2.05) is 37.3 Å². The standard InChI is InChI=1S/C35H59N3O6/c1-4-6-7-8-9-10-11-12-13-14-15-16-17-18-19-23-26-38(42-3)35(41)44-33(5-2)37-29-32(39)36(34(37)40)27-28-43-30-31-24-21-20-22-25-31/h20-22,24-25,33H,4-19,23,26-30H2,1-3H3. The average molecular weight is 618 g/mol. The molecule has 250 valence electrons. The third-order valence-electron chi connectivity index (χ3n) is 8.23. The normalized spacial score (nSPS) is 14.0. The van der Waals surface area contributed by atoms with E-state index in [0.717, 1.165) is 29.7 Å². The summed E-state index contributed by atoms with van der Waals surface area (Å²) in [6.07, 6.45) is 19.4. The van der Waals surface area contributed by atoms with E-state index in [4.69, 9.17) is 14.3 Å². The zero-order valence-electron chi connectivity index (χ0n) is 27.8. The molecule has 1 saturated heterocycles. The molecule has 0 aliphatic carbocycles. The van der Waals surface area contributed by atoms with Crippen molar-refractivity contribution in [2.24, 2.45) is 0 Å². The molecule has 9 nitrogen and oxygen atoms in total. The lowest BCUT2D eigenvalue weighted by molar-refractivity contribution is -0.130. The van der Waals surface area contributed by atoms with Gasteiger partial charge in [-0.25, -0.2) is 9.59 Å². The summed E-state index contributed by atoms with van der Waals surface area (Å²) in [4.78, 5) is 46.1. The molecule has 44 heavy (non-hydrogen) atoms. The van der Waals surface area contributed by atoms with Crippen LogP contribution < -0.4 is 0 Å². The number of ether oxygens (including phenoxy) is 2. The van der Waals surface area contributed by atoms with E-state index < -0.39 is 18.4 Å². The first-order chi connectivity index (χ1) is 21.5. The van der Waals surface area contributed by atoms with Crippen molar-refractivity contribution in [3.8, 4) is 0 Å². The molecule has 1 heterocycles. The summed E-state index contributed by atoms with van der Waals surface area (Å²) in [7, 11) is 1.44. The number of amides is 4. The monoisotopic (exact) mass is 617 g/mol. The van der Waals surface area contributed by atoms with Gasteiger partial charge in [-0.1, -0.05) is 140 Å². The lowest BCUT2D eigenvalue weighted by atomic mass is 10.0. The number of carbonyl (C=O) groups excluding carboxylic acids is 3. The predicted octanol–water partition coefficient (Wildman–Crippen LogP) is 8.47. The largest absolute Gasteiger partial charge is 0.435 e. The zero-order chi connectivity index (χ0) is 31.8. The maximum atomic E-state index is 13.0. The van der Waals surface area contributed by atoms with E-state index in [9.17, 15) is 14.4 Å². The van der Waals surface area contributed by atoms with Crippen molar-refractivity contribution in [2.45, 2.75) is 136 Å². The number of benzene rings is 1. The highest BCUT2D eigenvalue weighted by molar-refractivity contribution is 6.02. The third-order valence-corrected chi connectivity index (χ3v) is 8.23. The number of urea groups is 1. The molecule has 1 aliphatic rings. The van der Waals surface area contributed by atoms with Crippen LogP contribution >= 0.6 is 0 Å². The number of unbranched alkanes of at least 4 members (excludes halogenated alkanes) is 15. The van der Waals surface area contributed by atoms with E-state index in [1.165, 1.54) is 101 Å². The van der Waals surface area contributed by atoms with Crippen LogP contribution in [0, 0.1) is 0 Å². The maximum absolute atomic E-state index is 13.0. The summed E-state index contributed by atoms with van der Waals surface area (Å²) in [6.45, 7) is 5.15. The Morgan fingerprint density at radius 3 is 1.89 bits per heavy atom. The lowest BCUT2D eigenvalue weighted by Crippen LogP contribution is -2.44. The van der Waals surface area contributed by atoms with E-state index in [0.29, 0.717) is 19.6 Å². The third kappa shape index (κ3) is 14.9. The van der Waals surface area contributed by atoms with Crippen LogP contribution in [-0.4, -0.2) is 72.5 Å². The van der Waals surface area contributed by atoms with Gasteiger partial charge in [-0.3, -0.25) is 19.4 Å². The maximum Gasteiger partial charge on any atom is 0.435 e. The van der Waals surface area contributed by atoms with Crippen molar-refractivity contribution in [1.82, 2.24) is 14.9 Å². The molecule has 1 aromatic carbocycles. The van der Waals surface area contributed by atoms with Gasteiger partial charge in [0.05, 0.1) is 33.4 Å². The summed E-state index contributed by atoms with van der Waals surface area (Å²) in [5, 5.41) is 1.20. The van der Waals surface area contributed by atoms with Gasteiger partial charge in [0.15, 0.2) is 6.23 Å². The first-order valence-corrected chi connectivity index (χ1v) is 17.3. The molecule has 0 aromatic heterocycles. The summed E-state index contributed by atoms with van der Waals surface area (Å²) >= 11 is 0. The molecule has 9 heteroatoms. The molecule has 2 rings (SSSR count). The first kappa shape index (κ1) is 37.5.